The molecule has 0 saturated carbocycles. The SMILES string of the molecule is CCCCN1CC(=O)N(COC(=O)C=Cc2cccc(Cl)c2)C(=O)C1. The van der Waals surface area contributed by atoms with Crippen molar-refractivity contribution in [1.82, 2.24) is 9.80 Å². The lowest BCUT2D eigenvalue weighted by Gasteiger charge is -2.31. The van der Waals surface area contributed by atoms with Gasteiger partial charge in [0.2, 0.25) is 11.8 Å². The number of hydrogen-bond acceptors (Lipinski definition) is 5. The van der Waals surface area contributed by atoms with Crippen LogP contribution in [0, 0.1) is 0 Å². The number of piperazine rings is 1. The van der Waals surface area contributed by atoms with E-state index in [-0.39, 0.29) is 31.6 Å². The average molecular weight is 365 g/mol. The van der Waals surface area contributed by atoms with Crippen LogP contribution in [0.3, 0.4) is 0 Å². The number of carbonyl (C=O) groups excluding carboxylic acids is 3. The fourth-order valence-electron chi connectivity index (χ4n) is 2.38. The molecule has 0 radical (unpaired) electrons. The summed E-state index contributed by atoms with van der Waals surface area (Å²) in [4.78, 5) is 38.6. The van der Waals surface area contributed by atoms with Gasteiger partial charge in [-0.3, -0.25) is 14.5 Å². The summed E-state index contributed by atoms with van der Waals surface area (Å²) in [7, 11) is 0. The van der Waals surface area contributed by atoms with Crippen LogP contribution >= 0.6 is 11.6 Å². The van der Waals surface area contributed by atoms with Gasteiger partial charge in [-0.1, -0.05) is 37.1 Å². The summed E-state index contributed by atoms with van der Waals surface area (Å²) in [5.41, 5.74) is 0.751. The Morgan fingerprint density at radius 2 is 2.00 bits per heavy atom. The molecule has 25 heavy (non-hydrogen) atoms. The first kappa shape index (κ1) is 19.1. The summed E-state index contributed by atoms with van der Waals surface area (Å²) < 4.78 is 5.00. The highest BCUT2D eigenvalue weighted by molar-refractivity contribution is 6.30. The molecule has 1 fully saturated rings. The number of halogens is 1. The van der Waals surface area contributed by atoms with Crippen molar-refractivity contribution in [3.8, 4) is 0 Å². The van der Waals surface area contributed by atoms with Gasteiger partial charge in [0.1, 0.15) is 0 Å². The minimum atomic E-state index is -0.631. The quantitative estimate of drug-likeness (QED) is 0.422. The Kier molecular flexibility index (Phi) is 7.16. The maximum atomic E-state index is 12.0. The van der Waals surface area contributed by atoms with E-state index in [1.54, 1.807) is 30.3 Å². The summed E-state index contributed by atoms with van der Waals surface area (Å²) in [5, 5.41) is 0.563. The fraction of sp³-hybridized carbons (Fsp3) is 0.389. The lowest BCUT2D eigenvalue weighted by Crippen LogP contribution is -2.54. The van der Waals surface area contributed by atoms with Gasteiger partial charge in [0.15, 0.2) is 6.73 Å². The van der Waals surface area contributed by atoms with E-state index in [2.05, 4.69) is 6.92 Å². The molecule has 0 N–H and O–H groups in total. The summed E-state index contributed by atoms with van der Waals surface area (Å²) in [6.07, 6.45) is 4.72. The summed E-state index contributed by atoms with van der Waals surface area (Å²) in [5.74, 6) is -1.33. The van der Waals surface area contributed by atoms with E-state index < -0.39 is 5.97 Å². The smallest absolute Gasteiger partial charge is 0.332 e. The largest absolute Gasteiger partial charge is 0.441 e. The van der Waals surface area contributed by atoms with Crippen molar-refractivity contribution < 1.29 is 19.1 Å². The van der Waals surface area contributed by atoms with Gasteiger partial charge in [-0.2, -0.15) is 0 Å². The average Bonchev–Trinajstić information content (AvgIpc) is 2.57. The molecule has 7 heteroatoms. The Labute approximate surface area is 152 Å². The van der Waals surface area contributed by atoms with Gasteiger partial charge in [0.25, 0.3) is 0 Å². The maximum absolute atomic E-state index is 12.0. The molecule has 1 aliphatic heterocycles. The van der Waals surface area contributed by atoms with Crippen LogP contribution in [0.15, 0.2) is 30.3 Å². The van der Waals surface area contributed by atoms with E-state index in [9.17, 15) is 14.4 Å². The number of benzene rings is 1. The number of rotatable bonds is 7. The highest BCUT2D eigenvalue weighted by Gasteiger charge is 2.31. The third-order valence-corrected chi connectivity index (χ3v) is 3.98. The first-order valence-corrected chi connectivity index (χ1v) is 8.53. The second kappa shape index (κ2) is 9.34. The number of esters is 1. The van der Waals surface area contributed by atoms with Crippen molar-refractivity contribution in [3.05, 3.63) is 40.9 Å². The predicted octanol–water partition coefficient (Wildman–Crippen LogP) is 2.32. The van der Waals surface area contributed by atoms with E-state index in [1.165, 1.54) is 6.08 Å². The number of unbranched alkanes of at least 4 members (excludes halogenated alkanes) is 1. The first-order valence-electron chi connectivity index (χ1n) is 8.15. The molecule has 6 nitrogen and oxygen atoms in total. The zero-order valence-corrected chi connectivity index (χ0v) is 14.9. The maximum Gasteiger partial charge on any atom is 0.332 e. The van der Waals surface area contributed by atoms with Crippen LogP contribution in [0.1, 0.15) is 25.3 Å². The number of ether oxygens (including phenoxy) is 1. The molecule has 0 bridgehead atoms. The topological polar surface area (TPSA) is 66.9 Å². The standard InChI is InChI=1S/C18H21ClN2O4/c1-2-3-9-20-11-16(22)21(17(23)12-20)13-25-18(24)8-7-14-5-4-6-15(19)10-14/h4-8,10H,2-3,9,11-13H2,1H3. The molecule has 0 atom stereocenters. The van der Waals surface area contributed by atoms with Crippen LogP contribution < -0.4 is 0 Å². The molecule has 1 aliphatic rings. The summed E-state index contributed by atoms with van der Waals surface area (Å²) in [6.45, 7) is 2.74. The second-order valence-electron chi connectivity index (χ2n) is 5.76. The summed E-state index contributed by atoms with van der Waals surface area (Å²) >= 11 is 5.86. The molecule has 0 spiro atoms. The third kappa shape index (κ3) is 5.99. The fourth-order valence-corrected chi connectivity index (χ4v) is 2.58. The zero-order valence-electron chi connectivity index (χ0n) is 14.1. The van der Waals surface area contributed by atoms with Crippen molar-refractivity contribution in [2.75, 3.05) is 26.4 Å². The molecular weight excluding hydrogens is 344 g/mol. The highest BCUT2D eigenvalue weighted by Crippen LogP contribution is 2.12. The van der Waals surface area contributed by atoms with Crippen LogP contribution in [0.4, 0.5) is 0 Å². The molecule has 2 amide bonds. The number of imide groups is 1. The normalized spacial score (nSPS) is 15.8. The monoisotopic (exact) mass is 364 g/mol. The van der Waals surface area contributed by atoms with E-state index in [0.29, 0.717) is 11.6 Å². The van der Waals surface area contributed by atoms with Gasteiger partial charge in [-0.05, 0) is 36.7 Å². The molecule has 0 aromatic heterocycles. The van der Waals surface area contributed by atoms with Crippen LogP contribution in [-0.4, -0.2) is 53.9 Å². The van der Waals surface area contributed by atoms with Crippen LogP contribution in [0.2, 0.25) is 5.02 Å². The van der Waals surface area contributed by atoms with Gasteiger partial charge >= 0.3 is 5.97 Å². The van der Waals surface area contributed by atoms with Gasteiger partial charge < -0.3 is 4.74 Å². The van der Waals surface area contributed by atoms with Crippen molar-refractivity contribution in [1.29, 1.82) is 0 Å². The third-order valence-electron chi connectivity index (χ3n) is 3.74. The predicted molar refractivity (Wildman–Crippen MR) is 94.6 cm³/mol. The minimum absolute atomic E-state index is 0.168. The van der Waals surface area contributed by atoms with E-state index in [1.807, 2.05) is 4.90 Å². The van der Waals surface area contributed by atoms with Crippen molar-refractivity contribution in [2.24, 2.45) is 0 Å². The second-order valence-corrected chi connectivity index (χ2v) is 6.20. The van der Waals surface area contributed by atoms with Crippen LogP contribution in [0.5, 0.6) is 0 Å². The highest BCUT2D eigenvalue weighted by atomic mass is 35.5. The Hall–Kier alpha value is -2.18. The molecule has 0 unspecified atom stereocenters. The van der Waals surface area contributed by atoms with Gasteiger partial charge in [-0.25, -0.2) is 9.69 Å². The number of hydrogen-bond donors (Lipinski definition) is 0. The molecule has 1 heterocycles. The lowest BCUT2D eigenvalue weighted by molar-refractivity contribution is -0.161. The number of carbonyl (C=O) groups is 3. The molecule has 1 aromatic rings. The molecule has 134 valence electrons. The Morgan fingerprint density at radius 1 is 1.28 bits per heavy atom. The molecule has 0 aliphatic carbocycles. The van der Waals surface area contributed by atoms with Crippen molar-refractivity contribution >= 4 is 35.5 Å². The first-order chi connectivity index (χ1) is 12.0. The molecule has 1 aromatic carbocycles. The van der Waals surface area contributed by atoms with Crippen molar-refractivity contribution in [3.63, 3.8) is 0 Å². The summed E-state index contributed by atoms with van der Waals surface area (Å²) in [6, 6.07) is 6.99. The lowest BCUT2D eigenvalue weighted by atomic mass is 10.2. The number of nitrogens with zero attached hydrogens (tertiary/aromatic N) is 2. The Balaban J connectivity index is 1.83. The van der Waals surface area contributed by atoms with Gasteiger partial charge in [0, 0.05) is 11.1 Å². The number of amides is 2. The van der Waals surface area contributed by atoms with Gasteiger partial charge in [-0.15, -0.1) is 0 Å². The minimum Gasteiger partial charge on any atom is -0.441 e. The van der Waals surface area contributed by atoms with Gasteiger partial charge in [0.05, 0.1) is 13.1 Å². The van der Waals surface area contributed by atoms with E-state index in [4.69, 9.17) is 16.3 Å². The molecular formula is C18H21ClN2O4. The zero-order chi connectivity index (χ0) is 18.2. The molecule has 1 saturated heterocycles. The van der Waals surface area contributed by atoms with Crippen LogP contribution in [-0.2, 0) is 19.1 Å². The van der Waals surface area contributed by atoms with Crippen LogP contribution in [0.25, 0.3) is 6.08 Å². The van der Waals surface area contributed by atoms with E-state index in [0.717, 1.165) is 23.3 Å². The van der Waals surface area contributed by atoms with Crippen molar-refractivity contribution in [2.45, 2.75) is 19.8 Å². The Morgan fingerprint density at radius 3 is 2.64 bits per heavy atom. The Bertz CT molecular complexity index is 657. The molecule has 2 rings (SSSR count). The van der Waals surface area contributed by atoms with E-state index >= 15 is 0 Å².